The Morgan fingerprint density at radius 2 is 2.12 bits per heavy atom. The first-order valence-corrected chi connectivity index (χ1v) is 9.99. The van der Waals surface area contributed by atoms with Gasteiger partial charge < -0.3 is 19.3 Å². The number of amides is 1. The van der Waals surface area contributed by atoms with E-state index in [1.54, 1.807) is 6.92 Å². The summed E-state index contributed by atoms with van der Waals surface area (Å²) >= 11 is 0. The maximum absolute atomic E-state index is 12.1. The van der Waals surface area contributed by atoms with E-state index >= 15 is 0 Å². The highest BCUT2D eigenvalue weighted by molar-refractivity contribution is 5.73. The standard InChI is InChI=1S/C21H30N2O3/c1-16(24)23-13-19-5-2-3-7-20(19)26-21(14-23)18-6-4-9-22(12-18)11-17-8-10-25-15-17/h2-3,5,7,17-18,21H,4,6,8-15H2,1H3/t17-,18-,21+/m0/s1. The minimum absolute atomic E-state index is 0.0742. The molecule has 0 saturated carbocycles. The predicted octanol–water partition coefficient (Wildman–Crippen LogP) is 2.54. The van der Waals surface area contributed by atoms with E-state index in [1.807, 2.05) is 23.1 Å². The molecule has 0 bridgehead atoms. The normalized spacial score (nSPS) is 29.7. The number of ether oxygens (including phenoxy) is 2. The van der Waals surface area contributed by atoms with Gasteiger partial charge in [0.25, 0.3) is 0 Å². The molecule has 0 aromatic heterocycles. The van der Waals surface area contributed by atoms with Crippen molar-refractivity contribution in [1.29, 1.82) is 0 Å². The van der Waals surface area contributed by atoms with Crippen LogP contribution >= 0.6 is 0 Å². The molecule has 4 rings (SSSR count). The molecule has 1 aromatic rings. The summed E-state index contributed by atoms with van der Waals surface area (Å²) in [6.45, 7) is 8.20. The average molecular weight is 358 g/mol. The molecule has 0 spiro atoms. The lowest BCUT2D eigenvalue weighted by molar-refractivity contribution is -0.130. The van der Waals surface area contributed by atoms with Crippen molar-refractivity contribution in [2.24, 2.45) is 11.8 Å². The summed E-state index contributed by atoms with van der Waals surface area (Å²) in [7, 11) is 0. The largest absolute Gasteiger partial charge is 0.488 e. The first-order chi connectivity index (χ1) is 12.7. The van der Waals surface area contributed by atoms with E-state index in [1.165, 1.54) is 25.8 Å². The molecule has 3 atom stereocenters. The van der Waals surface area contributed by atoms with Gasteiger partial charge in [0.15, 0.2) is 0 Å². The number of rotatable bonds is 3. The molecule has 3 aliphatic rings. The number of carbonyl (C=O) groups is 1. The Morgan fingerprint density at radius 3 is 2.92 bits per heavy atom. The number of para-hydroxylation sites is 1. The first kappa shape index (κ1) is 17.8. The lowest BCUT2D eigenvalue weighted by atomic mass is 9.91. The van der Waals surface area contributed by atoms with Crippen molar-refractivity contribution in [1.82, 2.24) is 9.80 Å². The van der Waals surface area contributed by atoms with Crippen molar-refractivity contribution in [3.8, 4) is 5.75 Å². The van der Waals surface area contributed by atoms with Crippen molar-refractivity contribution in [3.05, 3.63) is 29.8 Å². The molecule has 0 radical (unpaired) electrons. The van der Waals surface area contributed by atoms with Crippen LogP contribution in [0.4, 0.5) is 0 Å². The maximum atomic E-state index is 12.1. The molecule has 142 valence electrons. The molecule has 2 saturated heterocycles. The number of hydrogen-bond donors (Lipinski definition) is 0. The summed E-state index contributed by atoms with van der Waals surface area (Å²) in [6, 6.07) is 8.16. The number of piperidine rings is 1. The number of fused-ring (bicyclic) bond motifs is 1. The van der Waals surface area contributed by atoms with Gasteiger partial charge in [0.1, 0.15) is 11.9 Å². The Labute approximate surface area is 156 Å². The summed E-state index contributed by atoms with van der Waals surface area (Å²) in [6.07, 6.45) is 3.65. The molecular weight excluding hydrogens is 328 g/mol. The van der Waals surface area contributed by atoms with Gasteiger partial charge in [-0.3, -0.25) is 4.79 Å². The zero-order valence-electron chi connectivity index (χ0n) is 15.7. The summed E-state index contributed by atoms with van der Waals surface area (Å²) in [5, 5.41) is 0. The molecule has 3 heterocycles. The molecule has 1 amide bonds. The minimum Gasteiger partial charge on any atom is -0.488 e. The fourth-order valence-corrected chi connectivity index (χ4v) is 4.58. The fourth-order valence-electron chi connectivity index (χ4n) is 4.58. The summed E-state index contributed by atoms with van der Waals surface area (Å²) in [5.74, 6) is 2.23. The molecule has 5 heteroatoms. The van der Waals surface area contributed by atoms with Crippen LogP contribution < -0.4 is 4.74 Å². The summed E-state index contributed by atoms with van der Waals surface area (Å²) < 4.78 is 12.0. The molecule has 2 fully saturated rings. The molecule has 5 nitrogen and oxygen atoms in total. The Balaban J connectivity index is 1.47. The van der Waals surface area contributed by atoms with Crippen LogP contribution in [0.3, 0.4) is 0 Å². The van der Waals surface area contributed by atoms with Crippen LogP contribution in [0.2, 0.25) is 0 Å². The number of benzene rings is 1. The monoisotopic (exact) mass is 358 g/mol. The maximum Gasteiger partial charge on any atom is 0.219 e. The molecule has 0 unspecified atom stereocenters. The highest BCUT2D eigenvalue weighted by atomic mass is 16.5. The molecule has 0 aliphatic carbocycles. The van der Waals surface area contributed by atoms with Crippen molar-refractivity contribution < 1.29 is 14.3 Å². The lowest BCUT2D eigenvalue weighted by Gasteiger charge is -2.38. The van der Waals surface area contributed by atoms with Gasteiger partial charge in [-0.05, 0) is 37.8 Å². The average Bonchev–Trinajstić information content (AvgIpc) is 3.06. The van der Waals surface area contributed by atoms with Crippen molar-refractivity contribution in [2.45, 2.75) is 38.8 Å². The Kier molecular flexibility index (Phi) is 5.46. The van der Waals surface area contributed by atoms with E-state index in [0.717, 1.165) is 37.6 Å². The molecular formula is C21H30N2O3. The van der Waals surface area contributed by atoms with Gasteiger partial charge in [0, 0.05) is 44.6 Å². The third-order valence-electron chi connectivity index (χ3n) is 6.07. The minimum atomic E-state index is 0.0742. The van der Waals surface area contributed by atoms with Crippen LogP contribution in [-0.4, -0.2) is 61.2 Å². The zero-order valence-corrected chi connectivity index (χ0v) is 15.7. The first-order valence-electron chi connectivity index (χ1n) is 9.99. The van der Waals surface area contributed by atoms with Gasteiger partial charge in [-0.15, -0.1) is 0 Å². The van der Waals surface area contributed by atoms with Crippen LogP contribution in [0.15, 0.2) is 24.3 Å². The van der Waals surface area contributed by atoms with E-state index in [2.05, 4.69) is 11.0 Å². The molecule has 3 aliphatic heterocycles. The fraction of sp³-hybridized carbons (Fsp3) is 0.667. The zero-order chi connectivity index (χ0) is 17.9. The number of carbonyl (C=O) groups excluding carboxylic acids is 1. The molecule has 0 N–H and O–H groups in total. The smallest absolute Gasteiger partial charge is 0.219 e. The number of hydrogen-bond acceptors (Lipinski definition) is 4. The Bertz CT molecular complexity index is 629. The number of likely N-dealkylation sites (tertiary alicyclic amines) is 1. The quantitative estimate of drug-likeness (QED) is 0.833. The van der Waals surface area contributed by atoms with Gasteiger partial charge in [-0.1, -0.05) is 18.2 Å². The highest BCUT2D eigenvalue weighted by Crippen LogP contribution is 2.31. The van der Waals surface area contributed by atoms with E-state index < -0.39 is 0 Å². The van der Waals surface area contributed by atoms with Crippen LogP contribution in [0.25, 0.3) is 0 Å². The lowest BCUT2D eigenvalue weighted by Crippen LogP contribution is -2.47. The van der Waals surface area contributed by atoms with Crippen molar-refractivity contribution in [3.63, 3.8) is 0 Å². The Hall–Kier alpha value is -1.59. The third kappa shape index (κ3) is 4.04. The molecule has 26 heavy (non-hydrogen) atoms. The summed E-state index contributed by atoms with van der Waals surface area (Å²) in [4.78, 5) is 16.7. The van der Waals surface area contributed by atoms with Gasteiger partial charge in [0.2, 0.25) is 5.91 Å². The Morgan fingerprint density at radius 1 is 1.23 bits per heavy atom. The van der Waals surface area contributed by atoms with E-state index in [9.17, 15) is 4.79 Å². The molecule has 1 aromatic carbocycles. The van der Waals surface area contributed by atoms with Crippen LogP contribution in [0, 0.1) is 11.8 Å². The van der Waals surface area contributed by atoms with Gasteiger partial charge >= 0.3 is 0 Å². The SMILES string of the molecule is CC(=O)N1Cc2ccccc2O[C@@H]([C@H]2CCCN(C[C@@H]3CCOC3)C2)C1. The van der Waals surface area contributed by atoms with E-state index in [-0.39, 0.29) is 12.0 Å². The topological polar surface area (TPSA) is 42.0 Å². The van der Waals surface area contributed by atoms with Crippen LogP contribution in [-0.2, 0) is 16.1 Å². The highest BCUT2D eigenvalue weighted by Gasteiger charge is 2.34. The van der Waals surface area contributed by atoms with Gasteiger partial charge in [-0.2, -0.15) is 0 Å². The second-order valence-corrected chi connectivity index (χ2v) is 8.06. The van der Waals surface area contributed by atoms with Crippen LogP contribution in [0.5, 0.6) is 5.75 Å². The van der Waals surface area contributed by atoms with Gasteiger partial charge in [-0.25, -0.2) is 0 Å². The van der Waals surface area contributed by atoms with Gasteiger partial charge in [0.05, 0.1) is 13.2 Å². The van der Waals surface area contributed by atoms with Crippen molar-refractivity contribution in [2.75, 3.05) is 39.4 Å². The second kappa shape index (κ2) is 7.97. The predicted molar refractivity (Wildman–Crippen MR) is 100 cm³/mol. The number of nitrogens with zero attached hydrogens (tertiary/aromatic N) is 2. The summed E-state index contributed by atoms with van der Waals surface area (Å²) in [5.41, 5.74) is 1.11. The van der Waals surface area contributed by atoms with E-state index in [4.69, 9.17) is 9.47 Å². The van der Waals surface area contributed by atoms with Crippen molar-refractivity contribution >= 4 is 5.91 Å². The van der Waals surface area contributed by atoms with Crippen LogP contribution in [0.1, 0.15) is 31.7 Å². The van der Waals surface area contributed by atoms with E-state index in [0.29, 0.717) is 24.9 Å². The third-order valence-corrected chi connectivity index (χ3v) is 6.07. The second-order valence-electron chi connectivity index (χ2n) is 8.06.